The van der Waals surface area contributed by atoms with E-state index in [1.165, 1.54) is 36.2 Å². The van der Waals surface area contributed by atoms with Crippen LogP contribution in [-0.4, -0.2) is 30.0 Å². The second-order valence-corrected chi connectivity index (χ2v) is 7.83. The summed E-state index contributed by atoms with van der Waals surface area (Å²) in [5, 5.41) is 0. The van der Waals surface area contributed by atoms with Gasteiger partial charge < -0.3 is 4.74 Å². The number of benzene rings is 2. The van der Waals surface area contributed by atoms with Crippen molar-refractivity contribution in [2.45, 2.75) is 18.4 Å². The predicted octanol–water partition coefficient (Wildman–Crippen LogP) is 2.03. The summed E-state index contributed by atoms with van der Waals surface area (Å²) >= 11 is 0. The Kier molecular flexibility index (Phi) is 5.00. The number of nitrogens with zero attached hydrogens (tertiary/aromatic N) is 2. The van der Waals surface area contributed by atoms with Gasteiger partial charge in [-0.05, 0) is 36.8 Å². The van der Waals surface area contributed by atoms with E-state index in [0.717, 1.165) is 15.1 Å². The Labute approximate surface area is 156 Å². The molecule has 0 radical (unpaired) electrons. The highest BCUT2D eigenvalue weighted by molar-refractivity contribution is 7.90. The quantitative estimate of drug-likeness (QED) is 0.626. The molecule has 1 heterocycles. The van der Waals surface area contributed by atoms with Crippen molar-refractivity contribution in [3.63, 3.8) is 0 Å². The lowest BCUT2D eigenvalue weighted by atomic mass is 10.1. The van der Waals surface area contributed by atoms with Crippen molar-refractivity contribution in [3.8, 4) is 0 Å². The van der Waals surface area contributed by atoms with Crippen molar-refractivity contribution in [1.29, 1.82) is 0 Å². The fourth-order valence-electron chi connectivity index (χ4n) is 2.58. The Morgan fingerprint density at radius 2 is 1.63 bits per heavy atom. The zero-order chi connectivity index (χ0) is 19.6. The van der Waals surface area contributed by atoms with E-state index in [0.29, 0.717) is 5.56 Å². The molecule has 0 amide bonds. The maximum absolute atomic E-state index is 12.7. The topological polar surface area (TPSA) is 87.4 Å². The molecule has 0 aliphatic rings. The van der Waals surface area contributed by atoms with Crippen molar-refractivity contribution in [1.82, 2.24) is 8.54 Å². The third kappa shape index (κ3) is 3.70. The minimum atomic E-state index is -3.96. The van der Waals surface area contributed by atoms with Crippen LogP contribution in [0.15, 0.2) is 70.6 Å². The molecule has 0 unspecified atom stereocenters. The van der Waals surface area contributed by atoms with E-state index in [2.05, 4.69) is 4.74 Å². The molecule has 3 rings (SSSR count). The van der Waals surface area contributed by atoms with Gasteiger partial charge in [0.15, 0.2) is 0 Å². The third-order valence-corrected chi connectivity index (χ3v) is 5.79. The standard InChI is InChI=1S/C19H18N2O5S/c1-14-3-9-17(10-4-14)27(24,25)21-12-11-20(19(21)23)13-15-5-7-16(8-6-15)18(22)26-2/h3-12H,13H2,1-2H3. The fourth-order valence-corrected chi connectivity index (χ4v) is 3.82. The number of carbonyl (C=O) groups is 1. The van der Waals surface area contributed by atoms with Gasteiger partial charge in [-0.15, -0.1) is 0 Å². The number of hydrogen-bond acceptors (Lipinski definition) is 5. The first-order valence-corrected chi connectivity index (χ1v) is 9.54. The van der Waals surface area contributed by atoms with Crippen molar-refractivity contribution < 1.29 is 17.9 Å². The molecule has 0 saturated heterocycles. The molecular weight excluding hydrogens is 368 g/mol. The summed E-state index contributed by atoms with van der Waals surface area (Å²) in [6.07, 6.45) is 2.66. The molecule has 2 aromatic carbocycles. The molecule has 0 fully saturated rings. The second-order valence-electron chi connectivity index (χ2n) is 6.01. The van der Waals surface area contributed by atoms with Gasteiger partial charge in [0.25, 0.3) is 10.0 Å². The Bertz CT molecular complexity index is 1120. The highest BCUT2D eigenvalue weighted by Crippen LogP contribution is 2.13. The molecule has 27 heavy (non-hydrogen) atoms. The van der Waals surface area contributed by atoms with Gasteiger partial charge in [0.1, 0.15) is 0 Å². The Morgan fingerprint density at radius 3 is 2.22 bits per heavy atom. The van der Waals surface area contributed by atoms with Crippen LogP contribution in [0.2, 0.25) is 0 Å². The van der Waals surface area contributed by atoms with Gasteiger partial charge in [0, 0.05) is 12.4 Å². The van der Waals surface area contributed by atoms with E-state index in [9.17, 15) is 18.0 Å². The summed E-state index contributed by atoms with van der Waals surface area (Å²) in [4.78, 5) is 24.1. The number of rotatable bonds is 5. The Hall–Kier alpha value is -3.13. The normalized spacial score (nSPS) is 11.3. The lowest BCUT2D eigenvalue weighted by Gasteiger charge is -2.06. The molecule has 0 atom stereocenters. The average Bonchev–Trinajstić information content (AvgIpc) is 3.03. The van der Waals surface area contributed by atoms with Crippen molar-refractivity contribution in [2.75, 3.05) is 7.11 Å². The molecule has 0 aliphatic carbocycles. The number of carbonyl (C=O) groups excluding carboxylic acids is 1. The third-order valence-electron chi connectivity index (χ3n) is 4.12. The summed E-state index contributed by atoms with van der Waals surface area (Å²) < 4.78 is 32.0. The lowest BCUT2D eigenvalue weighted by Crippen LogP contribution is -2.29. The molecule has 7 nitrogen and oxygen atoms in total. The van der Waals surface area contributed by atoms with E-state index in [4.69, 9.17) is 0 Å². The molecule has 0 bridgehead atoms. The van der Waals surface area contributed by atoms with Crippen molar-refractivity contribution in [2.24, 2.45) is 0 Å². The molecular formula is C19H18N2O5S. The first-order chi connectivity index (χ1) is 12.8. The summed E-state index contributed by atoms with van der Waals surface area (Å²) in [7, 11) is -2.66. The molecule has 1 aromatic heterocycles. The molecule has 0 aliphatic heterocycles. The SMILES string of the molecule is COC(=O)c1ccc(Cn2ccn(S(=O)(=O)c3ccc(C)cc3)c2=O)cc1. The van der Waals surface area contributed by atoms with E-state index in [-0.39, 0.29) is 11.4 Å². The van der Waals surface area contributed by atoms with Gasteiger partial charge in [-0.1, -0.05) is 29.8 Å². The zero-order valence-corrected chi connectivity index (χ0v) is 15.6. The number of ether oxygens (including phenoxy) is 1. The van der Waals surface area contributed by atoms with Gasteiger partial charge in [0.05, 0.1) is 24.1 Å². The molecule has 8 heteroatoms. The van der Waals surface area contributed by atoms with Crippen LogP contribution in [0.1, 0.15) is 21.5 Å². The summed E-state index contributed by atoms with van der Waals surface area (Å²) in [5.74, 6) is -0.450. The zero-order valence-electron chi connectivity index (χ0n) is 14.8. The van der Waals surface area contributed by atoms with Crippen LogP contribution in [0.4, 0.5) is 0 Å². The van der Waals surface area contributed by atoms with Crippen LogP contribution in [0.25, 0.3) is 0 Å². The largest absolute Gasteiger partial charge is 0.465 e. The maximum Gasteiger partial charge on any atom is 0.342 e. The first kappa shape index (κ1) is 18.7. The van der Waals surface area contributed by atoms with Gasteiger partial charge >= 0.3 is 11.7 Å². The van der Waals surface area contributed by atoms with Crippen molar-refractivity contribution >= 4 is 16.0 Å². The molecule has 0 saturated carbocycles. The average molecular weight is 386 g/mol. The molecule has 0 N–H and O–H groups in total. The summed E-state index contributed by atoms with van der Waals surface area (Å²) in [6, 6.07) is 12.9. The van der Waals surface area contributed by atoms with E-state index >= 15 is 0 Å². The van der Waals surface area contributed by atoms with Gasteiger partial charge in [-0.2, -0.15) is 3.97 Å². The molecule has 3 aromatic rings. The van der Waals surface area contributed by atoms with Crippen LogP contribution in [0.3, 0.4) is 0 Å². The second kappa shape index (κ2) is 7.24. The minimum Gasteiger partial charge on any atom is -0.465 e. The Morgan fingerprint density at radius 1 is 1.00 bits per heavy atom. The van der Waals surface area contributed by atoms with E-state index in [1.807, 2.05) is 6.92 Å². The van der Waals surface area contributed by atoms with Crippen LogP contribution in [0, 0.1) is 6.92 Å². The number of aryl methyl sites for hydroxylation is 1. The number of methoxy groups -OCH3 is 1. The number of esters is 1. The van der Waals surface area contributed by atoms with E-state index in [1.54, 1.807) is 36.4 Å². The number of aromatic nitrogens is 2. The number of hydrogen-bond donors (Lipinski definition) is 0. The van der Waals surface area contributed by atoms with Gasteiger partial charge in [-0.3, -0.25) is 4.57 Å². The monoisotopic (exact) mass is 386 g/mol. The fraction of sp³-hybridized carbons (Fsp3) is 0.158. The maximum atomic E-state index is 12.7. The van der Waals surface area contributed by atoms with E-state index < -0.39 is 21.7 Å². The molecule has 0 spiro atoms. The van der Waals surface area contributed by atoms with Crippen LogP contribution < -0.4 is 5.69 Å². The van der Waals surface area contributed by atoms with Gasteiger partial charge in [-0.25, -0.2) is 18.0 Å². The van der Waals surface area contributed by atoms with Crippen LogP contribution >= 0.6 is 0 Å². The van der Waals surface area contributed by atoms with Gasteiger partial charge in [0.2, 0.25) is 0 Å². The summed E-state index contributed by atoms with van der Waals surface area (Å²) in [6.45, 7) is 2.03. The minimum absolute atomic E-state index is 0.0513. The Balaban J connectivity index is 1.88. The highest BCUT2D eigenvalue weighted by atomic mass is 32.2. The first-order valence-electron chi connectivity index (χ1n) is 8.10. The highest BCUT2D eigenvalue weighted by Gasteiger charge is 2.20. The van der Waals surface area contributed by atoms with Crippen LogP contribution in [-0.2, 0) is 21.3 Å². The summed E-state index contributed by atoms with van der Waals surface area (Å²) in [5.41, 5.74) is 1.41. The molecule has 140 valence electrons. The van der Waals surface area contributed by atoms with Crippen LogP contribution in [0.5, 0.6) is 0 Å². The predicted molar refractivity (Wildman–Crippen MR) is 99.3 cm³/mol. The number of imidazole rings is 1. The van der Waals surface area contributed by atoms with Crippen molar-refractivity contribution in [3.05, 3.63) is 88.1 Å². The smallest absolute Gasteiger partial charge is 0.342 e. The lowest BCUT2D eigenvalue weighted by molar-refractivity contribution is 0.0600.